The monoisotopic (exact) mass is 476 g/mol. The van der Waals surface area contributed by atoms with Crippen LogP contribution in [0.1, 0.15) is 56.7 Å². The number of amides is 1. The van der Waals surface area contributed by atoms with E-state index in [0.717, 1.165) is 0 Å². The SMILES string of the molecule is CC(=O)N[C@H](c1ccc(C(=O)OCCOC(=O)C(C)(C)Oc2ccc(Cl)cc2)cn1)C(C)C. The third-order valence-electron chi connectivity index (χ3n) is 4.59. The number of ether oxygens (including phenoxy) is 3. The van der Waals surface area contributed by atoms with Crippen molar-refractivity contribution in [1.82, 2.24) is 10.3 Å². The summed E-state index contributed by atoms with van der Waals surface area (Å²) in [7, 11) is 0. The van der Waals surface area contributed by atoms with Crippen LogP contribution in [0.4, 0.5) is 0 Å². The molecule has 33 heavy (non-hydrogen) atoms. The predicted molar refractivity (Wildman–Crippen MR) is 123 cm³/mol. The topological polar surface area (TPSA) is 104 Å². The van der Waals surface area contributed by atoms with Crippen molar-refractivity contribution in [3.8, 4) is 5.75 Å². The summed E-state index contributed by atoms with van der Waals surface area (Å²) >= 11 is 5.84. The summed E-state index contributed by atoms with van der Waals surface area (Å²) in [5.41, 5.74) is -0.339. The standard InChI is InChI=1S/C24H29ClN2O6/c1-15(2)21(27-16(3)28)20-11-6-17(14-26-20)22(29)31-12-13-32-23(30)24(4,5)33-19-9-7-18(25)8-10-19/h6-11,14-15,21H,12-13H2,1-5H3,(H,27,28)/t21-/m0/s1. The minimum absolute atomic E-state index is 0.121. The summed E-state index contributed by atoms with van der Waals surface area (Å²) in [6.07, 6.45) is 1.39. The molecule has 0 radical (unpaired) electrons. The van der Waals surface area contributed by atoms with Crippen LogP contribution in [0.3, 0.4) is 0 Å². The van der Waals surface area contributed by atoms with Crippen molar-refractivity contribution in [3.05, 3.63) is 58.9 Å². The van der Waals surface area contributed by atoms with E-state index in [2.05, 4.69) is 10.3 Å². The van der Waals surface area contributed by atoms with Crippen LogP contribution < -0.4 is 10.1 Å². The summed E-state index contributed by atoms with van der Waals surface area (Å²) in [6.45, 7) is 8.29. The minimum atomic E-state index is -1.24. The van der Waals surface area contributed by atoms with Crippen molar-refractivity contribution in [2.75, 3.05) is 13.2 Å². The second-order valence-corrected chi connectivity index (χ2v) is 8.67. The number of carbonyl (C=O) groups is 3. The van der Waals surface area contributed by atoms with Crippen molar-refractivity contribution in [2.24, 2.45) is 5.92 Å². The van der Waals surface area contributed by atoms with E-state index in [1.54, 1.807) is 50.2 Å². The first-order chi connectivity index (χ1) is 15.5. The van der Waals surface area contributed by atoms with Gasteiger partial charge in [-0.05, 0) is 56.2 Å². The van der Waals surface area contributed by atoms with Crippen LogP contribution in [0, 0.1) is 5.92 Å². The van der Waals surface area contributed by atoms with Crippen LogP contribution in [-0.4, -0.2) is 41.6 Å². The third-order valence-corrected chi connectivity index (χ3v) is 4.85. The smallest absolute Gasteiger partial charge is 0.350 e. The Morgan fingerprint density at radius 2 is 1.67 bits per heavy atom. The van der Waals surface area contributed by atoms with Gasteiger partial charge in [-0.15, -0.1) is 0 Å². The van der Waals surface area contributed by atoms with Crippen molar-refractivity contribution in [3.63, 3.8) is 0 Å². The molecule has 2 rings (SSSR count). The van der Waals surface area contributed by atoms with Gasteiger partial charge in [-0.1, -0.05) is 25.4 Å². The molecule has 1 amide bonds. The average Bonchev–Trinajstić information content (AvgIpc) is 2.76. The van der Waals surface area contributed by atoms with Gasteiger partial charge in [0.15, 0.2) is 5.60 Å². The van der Waals surface area contributed by atoms with Crippen LogP contribution in [0.5, 0.6) is 5.75 Å². The second kappa shape index (κ2) is 11.7. The van der Waals surface area contributed by atoms with Gasteiger partial charge < -0.3 is 19.5 Å². The zero-order valence-electron chi connectivity index (χ0n) is 19.4. The van der Waals surface area contributed by atoms with Gasteiger partial charge in [-0.3, -0.25) is 9.78 Å². The number of aromatic nitrogens is 1. The number of nitrogens with one attached hydrogen (secondary N) is 1. The molecule has 0 aliphatic rings. The lowest BCUT2D eigenvalue weighted by Crippen LogP contribution is -2.40. The van der Waals surface area contributed by atoms with Gasteiger partial charge in [0.25, 0.3) is 0 Å². The number of halogens is 1. The van der Waals surface area contributed by atoms with Gasteiger partial charge in [0, 0.05) is 18.1 Å². The Hall–Kier alpha value is -3.13. The summed E-state index contributed by atoms with van der Waals surface area (Å²) in [5.74, 6) is -0.751. The summed E-state index contributed by atoms with van der Waals surface area (Å²) in [6, 6.07) is 9.61. The Balaban J connectivity index is 1.82. The molecule has 1 atom stereocenters. The lowest BCUT2D eigenvalue weighted by Gasteiger charge is -2.24. The Bertz CT molecular complexity index is 958. The highest BCUT2D eigenvalue weighted by molar-refractivity contribution is 6.30. The quantitative estimate of drug-likeness (QED) is 0.406. The maximum atomic E-state index is 12.3. The van der Waals surface area contributed by atoms with Crippen LogP contribution >= 0.6 is 11.6 Å². The maximum Gasteiger partial charge on any atom is 0.350 e. The fourth-order valence-corrected chi connectivity index (χ4v) is 3.00. The van der Waals surface area contributed by atoms with Gasteiger partial charge in [0.05, 0.1) is 17.3 Å². The average molecular weight is 477 g/mol. The first kappa shape index (κ1) is 26.1. The molecule has 1 aromatic heterocycles. The lowest BCUT2D eigenvalue weighted by atomic mass is 10.00. The van der Waals surface area contributed by atoms with Crippen molar-refractivity contribution < 1.29 is 28.6 Å². The van der Waals surface area contributed by atoms with Crippen LogP contribution in [0.15, 0.2) is 42.6 Å². The number of hydrogen-bond acceptors (Lipinski definition) is 7. The van der Waals surface area contributed by atoms with E-state index in [1.807, 2.05) is 13.8 Å². The minimum Gasteiger partial charge on any atom is -0.476 e. The molecule has 0 spiro atoms. The first-order valence-corrected chi connectivity index (χ1v) is 10.9. The number of rotatable bonds is 10. The van der Waals surface area contributed by atoms with Gasteiger partial charge in [0.1, 0.15) is 19.0 Å². The molecule has 0 aliphatic heterocycles. The van der Waals surface area contributed by atoms with E-state index in [4.69, 9.17) is 25.8 Å². The third kappa shape index (κ3) is 8.05. The summed E-state index contributed by atoms with van der Waals surface area (Å²) < 4.78 is 16.0. The zero-order chi connectivity index (χ0) is 24.6. The number of carbonyl (C=O) groups excluding carboxylic acids is 3. The Morgan fingerprint density at radius 1 is 1.03 bits per heavy atom. The Labute approximate surface area is 198 Å². The van der Waals surface area contributed by atoms with Gasteiger partial charge in [-0.2, -0.15) is 0 Å². The molecule has 0 fully saturated rings. The van der Waals surface area contributed by atoms with E-state index in [9.17, 15) is 14.4 Å². The molecule has 9 heteroatoms. The fourth-order valence-electron chi connectivity index (χ4n) is 2.88. The molecule has 0 saturated carbocycles. The number of pyridine rings is 1. The van der Waals surface area contributed by atoms with Crippen LogP contribution in [0.2, 0.25) is 5.02 Å². The molecule has 0 unspecified atom stereocenters. The van der Waals surface area contributed by atoms with E-state index in [0.29, 0.717) is 16.5 Å². The van der Waals surface area contributed by atoms with E-state index >= 15 is 0 Å². The van der Waals surface area contributed by atoms with Crippen molar-refractivity contribution in [2.45, 2.75) is 46.3 Å². The summed E-state index contributed by atoms with van der Waals surface area (Å²) in [5, 5.41) is 3.40. The highest BCUT2D eigenvalue weighted by atomic mass is 35.5. The van der Waals surface area contributed by atoms with E-state index in [1.165, 1.54) is 13.1 Å². The molecule has 1 heterocycles. The molecule has 1 aromatic carbocycles. The highest BCUT2D eigenvalue weighted by Crippen LogP contribution is 2.22. The van der Waals surface area contributed by atoms with Crippen molar-refractivity contribution in [1.29, 1.82) is 0 Å². The molecular weight excluding hydrogens is 448 g/mol. The molecule has 0 saturated heterocycles. The lowest BCUT2D eigenvalue weighted by molar-refractivity contribution is -0.160. The van der Waals surface area contributed by atoms with Gasteiger partial charge in [-0.25, -0.2) is 9.59 Å². The predicted octanol–water partition coefficient (Wildman–Crippen LogP) is 4.13. The number of hydrogen-bond donors (Lipinski definition) is 1. The molecule has 178 valence electrons. The first-order valence-electron chi connectivity index (χ1n) is 10.5. The molecule has 0 bridgehead atoms. The summed E-state index contributed by atoms with van der Waals surface area (Å²) in [4.78, 5) is 40.3. The number of nitrogens with zero attached hydrogens (tertiary/aromatic N) is 1. The van der Waals surface area contributed by atoms with Gasteiger partial charge >= 0.3 is 11.9 Å². The van der Waals surface area contributed by atoms with E-state index in [-0.39, 0.29) is 36.6 Å². The molecule has 0 aliphatic carbocycles. The van der Waals surface area contributed by atoms with E-state index < -0.39 is 17.5 Å². The molecular formula is C24H29ClN2O6. The maximum absolute atomic E-state index is 12.3. The van der Waals surface area contributed by atoms with Crippen molar-refractivity contribution >= 4 is 29.4 Å². The number of benzene rings is 1. The zero-order valence-corrected chi connectivity index (χ0v) is 20.1. The largest absolute Gasteiger partial charge is 0.476 e. The number of esters is 2. The van der Waals surface area contributed by atoms with Gasteiger partial charge in [0.2, 0.25) is 5.91 Å². The Morgan fingerprint density at radius 3 is 2.21 bits per heavy atom. The molecule has 2 aromatic rings. The fraction of sp³-hybridized carbons (Fsp3) is 0.417. The molecule has 1 N–H and O–H groups in total. The second-order valence-electron chi connectivity index (χ2n) is 8.23. The molecule has 8 nitrogen and oxygen atoms in total. The van der Waals surface area contributed by atoms with Crippen LogP contribution in [0.25, 0.3) is 0 Å². The highest BCUT2D eigenvalue weighted by Gasteiger charge is 2.32. The Kier molecular flexibility index (Phi) is 9.22. The van der Waals surface area contributed by atoms with Crippen LogP contribution in [-0.2, 0) is 19.1 Å². The normalized spacial score (nSPS) is 12.1.